The van der Waals surface area contributed by atoms with E-state index in [0.717, 1.165) is 51.0 Å². The molecule has 0 atom stereocenters. The number of ether oxygens (including phenoxy) is 3. The SMILES string of the molecule is Cc1ccc(N(C)C(=O)c2ccc(NC(=O)c3ccccc3OCCCN)c(OCC(N)=O)c2)c(OCCCCCC(=O)N2CCN(C)CC2)c1. The fourth-order valence-corrected chi connectivity index (χ4v) is 5.53. The Morgan fingerprint density at radius 2 is 1.55 bits per heavy atom. The Labute approximate surface area is 299 Å². The zero-order chi connectivity index (χ0) is 36.8. The van der Waals surface area contributed by atoms with Crippen LogP contribution in [0.15, 0.2) is 60.7 Å². The third kappa shape index (κ3) is 11.4. The Morgan fingerprint density at radius 3 is 2.29 bits per heavy atom. The number of unbranched alkanes of at least 4 members (excludes halogenated alkanes) is 2. The van der Waals surface area contributed by atoms with Crippen LogP contribution in [0.25, 0.3) is 0 Å². The second-order valence-corrected chi connectivity index (χ2v) is 12.6. The number of aryl methyl sites for hydroxylation is 1. The van der Waals surface area contributed by atoms with E-state index in [2.05, 4.69) is 17.3 Å². The van der Waals surface area contributed by atoms with E-state index < -0.39 is 18.4 Å². The van der Waals surface area contributed by atoms with Gasteiger partial charge in [-0.1, -0.05) is 18.2 Å². The average molecular weight is 703 g/mol. The van der Waals surface area contributed by atoms with Gasteiger partial charge in [0.15, 0.2) is 6.61 Å². The first-order chi connectivity index (χ1) is 24.6. The number of amides is 4. The maximum atomic E-state index is 13.8. The monoisotopic (exact) mass is 702 g/mol. The number of carbonyl (C=O) groups excluding carboxylic acids is 4. The topological polar surface area (TPSA) is 170 Å². The lowest BCUT2D eigenvalue weighted by Crippen LogP contribution is -2.47. The minimum Gasteiger partial charge on any atom is -0.493 e. The third-order valence-corrected chi connectivity index (χ3v) is 8.51. The van der Waals surface area contributed by atoms with Crippen molar-refractivity contribution in [3.8, 4) is 17.2 Å². The highest BCUT2D eigenvalue weighted by Crippen LogP contribution is 2.33. The number of nitrogens with one attached hydrogen (secondary N) is 1. The summed E-state index contributed by atoms with van der Waals surface area (Å²) in [5, 5.41) is 2.80. The number of likely N-dealkylation sites (N-methyl/N-ethyl adjacent to an activating group) is 1. The molecule has 13 nitrogen and oxygen atoms in total. The Kier molecular flexibility index (Phi) is 14.6. The first kappa shape index (κ1) is 38.7. The van der Waals surface area contributed by atoms with Crippen molar-refractivity contribution in [1.82, 2.24) is 9.80 Å². The van der Waals surface area contributed by atoms with Crippen LogP contribution in [0.5, 0.6) is 17.2 Å². The average Bonchev–Trinajstić information content (AvgIpc) is 3.12. The van der Waals surface area contributed by atoms with Crippen LogP contribution in [0, 0.1) is 6.92 Å². The van der Waals surface area contributed by atoms with Crippen molar-refractivity contribution in [1.29, 1.82) is 0 Å². The molecule has 1 aliphatic heterocycles. The molecule has 3 aromatic rings. The lowest BCUT2D eigenvalue weighted by molar-refractivity contribution is -0.132. The van der Waals surface area contributed by atoms with Gasteiger partial charge in [0.2, 0.25) is 5.91 Å². The summed E-state index contributed by atoms with van der Waals surface area (Å²) < 4.78 is 17.6. The molecule has 1 aliphatic rings. The van der Waals surface area contributed by atoms with Crippen LogP contribution in [-0.2, 0) is 9.59 Å². The fraction of sp³-hybridized carbons (Fsp3) is 0.421. The molecule has 13 heteroatoms. The molecule has 1 heterocycles. The van der Waals surface area contributed by atoms with Crippen LogP contribution in [0.3, 0.4) is 0 Å². The molecule has 3 aromatic carbocycles. The van der Waals surface area contributed by atoms with Crippen LogP contribution >= 0.6 is 0 Å². The molecule has 0 unspecified atom stereocenters. The van der Waals surface area contributed by atoms with Crippen molar-refractivity contribution in [2.75, 3.05) is 76.9 Å². The molecule has 1 saturated heterocycles. The van der Waals surface area contributed by atoms with Gasteiger partial charge in [-0.3, -0.25) is 19.2 Å². The largest absolute Gasteiger partial charge is 0.493 e. The van der Waals surface area contributed by atoms with Gasteiger partial charge in [0.1, 0.15) is 17.2 Å². The van der Waals surface area contributed by atoms with Crippen LogP contribution < -0.4 is 35.9 Å². The molecule has 1 fully saturated rings. The molecule has 0 radical (unpaired) electrons. The van der Waals surface area contributed by atoms with Crippen molar-refractivity contribution in [3.63, 3.8) is 0 Å². The molecule has 0 aliphatic carbocycles. The van der Waals surface area contributed by atoms with Gasteiger partial charge in [-0.05, 0) is 94.2 Å². The standard InChI is InChI=1S/C38H50N6O7/c1-27-13-16-31(34(24-27)50-22-8-4-5-12-36(46)44-20-18-42(2)19-21-44)43(3)38(48)28-14-15-30(33(25-28)51-26-35(40)45)41-37(47)29-10-6-7-11-32(29)49-23-9-17-39/h6-7,10-11,13-16,24-25H,4-5,8-9,12,17-23,26,39H2,1-3H3,(H2,40,45)(H,41,47). The smallest absolute Gasteiger partial charge is 0.259 e. The number of nitrogens with zero attached hydrogens (tertiary/aromatic N) is 3. The summed E-state index contributed by atoms with van der Waals surface area (Å²) in [5.41, 5.74) is 13.2. The van der Waals surface area contributed by atoms with Gasteiger partial charge in [-0.2, -0.15) is 0 Å². The molecule has 0 saturated carbocycles. The highest BCUT2D eigenvalue weighted by atomic mass is 16.5. The number of piperazine rings is 1. The maximum Gasteiger partial charge on any atom is 0.259 e. The van der Waals surface area contributed by atoms with E-state index in [1.807, 2.05) is 30.0 Å². The van der Waals surface area contributed by atoms with E-state index in [1.54, 1.807) is 37.4 Å². The summed E-state index contributed by atoms with van der Waals surface area (Å²) in [6.07, 6.45) is 3.56. The second-order valence-electron chi connectivity index (χ2n) is 12.6. The van der Waals surface area contributed by atoms with Crippen LogP contribution in [0.2, 0.25) is 0 Å². The minimum atomic E-state index is -0.720. The minimum absolute atomic E-state index is 0.0921. The predicted octanol–water partition coefficient (Wildman–Crippen LogP) is 3.83. The number of para-hydroxylation sites is 1. The lowest BCUT2D eigenvalue weighted by Gasteiger charge is -2.32. The van der Waals surface area contributed by atoms with Crippen LogP contribution in [0.1, 0.15) is 58.4 Å². The third-order valence-electron chi connectivity index (χ3n) is 8.51. The summed E-state index contributed by atoms with van der Waals surface area (Å²) in [6.45, 7) is 6.10. The fourth-order valence-electron chi connectivity index (χ4n) is 5.53. The molecule has 4 rings (SSSR count). The number of primary amides is 1. The molecule has 0 aromatic heterocycles. The van der Waals surface area contributed by atoms with Crippen molar-refractivity contribution >= 4 is 35.0 Å². The molecule has 51 heavy (non-hydrogen) atoms. The first-order valence-electron chi connectivity index (χ1n) is 17.3. The van der Waals surface area contributed by atoms with Crippen molar-refractivity contribution in [3.05, 3.63) is 77.4 Å². The van der Waals surface area contributed by atoms with Gasteiger partial charge in [-0.25, -0.2) is 0 Å². The normalized spacial score (nSPS) is 13.0. The van der Waals surface area contributed by atoms with Gasteiger partial charge in [0, 0.05) is 45.2 Å². The molecular weight excluding hydrogens is 652 g/mol. The van der Waals surface area contributed by atoms with E-state index in [0.29, 0.717) is 55.4 Å². The van der Waals surface area contributed by atoms with Crippen LogP contribution in [0.4, 0.5) is 11.4 Å². The zero-order valence-electron chi connectivity index (χ0n) is 29.8. The lowest BCUT2D eigenvalue weighted by atomic mass is 10.1. The number of benzene rings is 3. The Bertz CT molecular complexity index is 1660. The van der Waals surface area contributed by atoms with Crippen molar-refractivity contribution in [2.24, 2.45) is 11.5 Å². The molecule has 274 valence electrons. The van der Waals surface area contributed by atoms with Gasteiger partial charge < -0.3 is 45.7 Å². The molecular formula is C38H50N6O7. The van der Waals surface area contributed by atoms with E-state index in [-0.39, 0.29) is 28.8 Å². The number of rotatable bonds is 18. The Balaban J connectivity index is 1.41. The second kappa shape index (κ2) is 19.3. The quantitative estimate of drug-likeness (QED) is 0.167. The first-order valence-corrected chi connectivity index (χ1v) is 17.3. The van der Waals surface area contributed by atoms with E-state index in [9.17, 15) is 19.2 Å². The van der Waals surface area contributed by atoms with Gasteiger partial charge >= 0.3 is 0 Å². The van der Waals surface area contributed by atoms with Gasteiger partial charge in [0.25, 0.3) is 17.7 Å². The molecule has 4 amide bonds. The van der Waals surface area contributed by atoms with E-state index in [1.165, 1.54) is 17.0 Å². The van der Waals surface area contributed by atoms with Crippen molar-refractivity contribution < 1.29 is 33.4 Å². The maximum absolute atomic E-state index is 13.8. The molecule has 0 spiro atoms. The number of carbonyl (C=O) groups is 4. The van der Waals surface area contributed by atoms with Gasteiger partial charge in [-0.15, -0.1) is 0 Å². The summed E-state index contributed by atoms with van der Waals surface area (Å²) in [5.74, 6) is -0.312. The zero-order valence-corrected chi connectivity index (χ0v) is 29.8. The summed E-state index contributed by atoms with van der Waals surface area (Å²) >= 11 is 0. The number of hydrogen-bond acceptors (Lipinski definition) is 9. The molecule has 0 bridgehead atoms. The summed E-state index contributed by atoms with van der Waals surface area (Å²) in [7, 11) is 3.71. The number of hydrogen-bond donors (Lipinski definition) is 3. The van der Waals surface area contributed by atoms with Crippen LogP contribution in [-0.4, -0.2) is 100 Å². The number of anilines is 2. The summed E-state index contributed by atoms with van der Waals surface area (Å²) in [6, 6.07) is 17.0. The highest BCUT2D eigenvalue weighted by Gasteiger charge is 2.22. The molecule has 5 N–H and O–H groups in total. The van der Waals surface area contributed by atoms with E-state index >= 15 is 0 Å². The van der Waals surface area contributed by atoms with Gasteiger partial charge in [0.05, 0.1) is 30.2 Å². The summed E-state index contributed by atoms with van der Waals surface area (Å²) in [4.78, 5) is 56.9. The number of nitrogens with two attached hydrogens (primary N) is 2. The van der Waals surface area contributed by atoms with Crippen molar-refractivity contribution in [2.45, 2.75) is 39.0 Å². The Morgan fingerprint density at radius 1 is 0.824 bits per heavy atom. The predicted molar refractivity (Wildman–Crippen MR) is 197 cm³/mol. The van der Waals surface area contributed by atoms with E-state index in [4.69, 9.17) is 25.7 Å². The highest BCUT2D eigenvalue weighted by molar-refractivity contribution is 6.09. The Hall–Kier alpha value is -5.14.